The van der Waals surface area contributed by atoms with E-state index < -0.39 is 0 Å². The van der Waals surface area contributed by atoms with E-state index in [-0.39, 0.29) is 5.91 Å². The van der Waals surface area contributed by atoms with Crippen LogP contribution in [-0.2, 0) is 0 Å². The minimum absolute atomic E-state index is 0.0417. The van der Waals surface area contributed by atoms with Crippen LogP contribution in [0.4, 0.5) is 0 Å². The Bertz CT molecular complexity index is 621. The number of benzene rings is 1. The van der Waals surface area contributed by atoms with Crippen molar-refractivity contribution >= 4 is 28.8 Å². The molecule has 0 bridgehead atoms. The molecule has 0 unspecified atom stereocenters. The molecule has 116 valence electrons. The predicted molar refractivity (Wildman–Crippen MR) is 89.5 cm³/mol. The van der Waals surface area contributed by atoms with Gasteiger partial charge in [0.05, 0.1) is 5.51 Å². The van der Waals surface area contributed by atoms with Crippen molar-refractivity contribution in [3.05, 3.63) is 51.4 Å². The zero-order chi connectivity index (χ0) is 15.5. The number of hydrogen-bond donors (Lipinski definition) is 0. The van der Waals surface area contributed by atoms with Crippen LogP contribution in [0.1, 0.15) is 29.0 Å². The second kappa shape index (κ2) is 6.77. The number of rotatable bonds is 3. The van der Waals surface area contributed by atoms with E-state index in [0.717, 1.165) is 31.2 Å². The van der Waals surface area contributed by atoms with Crippen LogP contribution < -0.4 is 0 Å². The molecule has 1 saturated heterocycles. The maximum atomic E-state index is 12.3. The first kappa shape index (κ1) is 15.5. The zero-order valence-corrected chi connectivity index (χ0v) is 14.0. The van der Waals surface area contributed by atoms with E-state index in [1.54, 1.807) is 5.51 Å². The second-order valence-electron chi connectivity index (χ2n) is 5.43. The van der Waals surface area contributed by atoms with Crippen LogP contribution in [-0.4, -0.2) is 46.9 Å². The zero-order valence-electron chi connectivity index (χ0n) is 12.4. The molecule has 0 N–H and O–H groups in total. The third kappa shape index (κ3) is 3.32. The molecule has 0 spiro atoms. The molecule has 6 heteroatoms. The first-order valence-corrected chi connectivity index (χ1v) is 8.64. The average Bonchev–Trinajstić information content (AvgIpc) is 3.09. The Labute approximate surface area is 139 Å². The summed E-state index contributed by atoms with van der Waals surface area (Å²) >= 11 is 7.40. The lowest BCUT2D eigenvalue weighted by Crippen LogP contribution is -2.49. The molecule has 1 fully saturated rings. The highest BCUT2D eigenvalue weighted by Gasteiger charge is 2.26. The van der Waals surface area contributed by atoms with E-state index in [4.69, 9.17) is 11.6 Å². The molecule has 4 nitrogen and oxygen atoms in total. The fraction of sp³-hybridized carbons (Fsp3) is 0.375. The summed E-state index contributed by atoms with van der Waals surface area (Å²) < 4.78 is 0. The van der Waals surface area contributed by atoms with Gasteiger partial charge in [-0.25, -0.2) is 4.98 Å². The Morgan fingerprint density at radius 1 is 1.23 bits per heavy atom. The summed E-state index contributed by atoms with van der Waals surface area (Å²) in [7, 11) is 0. The van der Waals surface area contributed by atoms with Gasteiger partial charge in [0.15, 0.2) is 0 Å². The van der Waals surface area contributed by atoms with Gasteiger partial charge in [-0.1, -0.05) is 23.7 Å². The summed E-state index contributed by atoms with van der Waals surface area (Å²) in [4.78, 5) is 20.7. The van der Waals surface area contributed by atoms with E-state index in [0.29, 0.717) is 11.7 Å². The average molecular weight is 336 g/mol. The maximum Gasteiger partial charge on any atom is 0.273 e. The van der Waals surface area contributed by atoms with Crippen molar-refractivity contribution in [1.82, 2.24) is 14.8 Å². The number of piperazine rings is 1. The van der Waals surface area contributed by atoms with Gasteiger partial charge in [0.25, 0.3) is 5.91 Å². The van der Waals surface area contributed by atoms with Crippen LogP contribution in [0.2, 0.25) is 5.02 Å². The Kier molecular flexibility index (Phi) is 4.76. The fourth-order valence-corrected chi connectivity index (χ4v) is 3.40. The van der Waals surface area contributed by atoms with Gasteiger partial charge in [-0.3, -0.25) is 9.69 Å². The van der Waals surface area contributed by atoms with Crippen molar-refractivity contribution in [1.29, 1.82) is 0 Å². The van der Waals surface area contributed by atoms with E-state index in [1.807, 2.05) is 22.4 Å². The minimum Gasteiger partial charge on any atom is -0.335 e. The second-order valence-corrected chi connectivity index (χ2v) is 6.58. The molecular formula is C16H18ClN3OS. The van der Waals surface area contributed by atoms with Crippen molar-refractivity contribution in [3.63, 3.8) is 0 Å². The third-order valence-corrected chi connectivity index (χ3v) is 4.99. The highest BCUT2D eigenvalue weighted by Crippen LogP contribution is 2.23. The number of thiazole rings is 1. The fourth-order valence-electron chi connectivity index (χ4n) is 2.74. The molecular weight excluding hydrogens is 318 g/mol. The summed E-state index contributed by atoms with van der Waals surface area (Å²) in [6, 6.07) is 8.32. The highest BCUT2D eigenvalue weighted by molar-refractivity contribution is 7.07. The monoisotopic (exact) mass is 335 g/mol. The minimum atomic E-state index is 0.0417. The van der Waals surface area contributed by atoms with E-state index in [1.165, 1.54) is 16.9 Å². The number of hydrogen-bond acceptors (Lipinski definition) is 4. The van der Waals surface area contributed by atoms with Crippen LogP contribution in [0.5, 0.6) is 0 Å². The number of halogens is 1. The van der Waals surface area contributed by atoms with Gasteiger partial charge in [0, 0.05) is 42.6 Å². The summed E-state index contributed by atoms with van der Waals surface area (Å²) in [6.07, 6.45) is 0. The third-order valence-electron chi connectivity index (χ3n) is 4.15. The number of amides is 1. The molecule has 2 aromatic rings. The van der Waals surface area contributed by atoms with Gasteiger partial charge in [0.1, 0.15) is 5.69 Å². The van der Waals surface area contributed by atoms with Gasteiger partial charge in [0.2, 0.25) is 0 Å². The first-order valence-electron chi connectivity index (χ1n) is 7.32. The molecule has 2 heterocycles. The largest absolute Gasteiger partial charge is 0.335 e. The van der Waals surface area contributed by atoms with Crippen molar-refractivity contribution in [2.75, 3.05) is 26.2 Å². The van der Waals surface area contributed by atoms with Gasteiger partial charge in [-0.2, -0.15) is 0 Å². The van der Waals surface area contributed by atoms with Crippen LogP contribution in [0.15, 0.2) is 35.2 Å². The molecule has 22 heavy (non-hydrogen) atoms. The predicted octanol–water partition coefficient (Wildman–Crippen LogP) is 3.32. The van der Waals surface area contributed by atoms with E-state index >= 15 is 0 Å². The SMILES string of the molecule is C[C@@H](c1ccc(Cl)cc1)N1CCN(C(=O)c2cscn2)CC1. The standard InChI is InChI=1S/C16H18ClN3OS/c1-12(13-2-4-14(17)5-3-13)19-6-8-20(9-7-19)16(21)15-10-22-11-18-15/h2-5,10-12H,6-9H2,1H3/t12-/m0/s1. The Balaban J connectivity index is 1.59. The Morgan fingerprint density at radius 2 is 1.91 bits per heavy atom. The summed E-state index contributed by atoms with van der Waals surface area (Å²) in [5, 5.41) is 2.57. The van der Waals surface area contributed by atoms with Gasteiger partial charge in [-0.15, -0.1) is 11.3 Å². The lowest BCUT2D eigenvalue weighted by molar-refractivity contribution is 0.0577. The lowest BCUT2D eigenvalue weighted by Gasteiger charge is -2.38. The smallest absolute Gasteiger partial charge is 0.273 e. The Morgan fingerprint density at radius 3 is 2.50 bits per heavy atom. The quantitative estimate of drug-likeness (QED) is 0.863. The van der Waals surface area contributed by atoms with Crippen molar-refractivity contribution in [2.45, 2.75) is 13.0 Å². The molecule has 1 atom stereocenters. The first-order chi connectivity index (χ1) is 10.6. The number of aromatic nitrogens is 1. The van der Waals surface area contributed by atoms with Gasteiger partial charge in [-0.05, 0) is 24.6 Å². The maximum absolute atomic E-state index is 12.3. The van der Waals surface area contributed by atoms with Crippen molar-refractivity contribution < 1.29 is 4.79 Å². The van der Waals surface area contributed by atoms with E-state index in [9.17, 15) is 4.79 Å². The number of nitrogens with zero attached hydrogens (tertiary/aromatic N) is 3. The van der Waals surface area contributed by atoms with Crippen LogP contribution in [0.25, 0.3) is 0 Å². The number of carbonyl (C=O) groups excluding carboxylic acids is 1. The molecule has 1 aliphatic rings. The summed E-state index contributed by atoms with van der Waals surface area (Å²) in [5.41, 5.74) is 3.51. The van der Waals surface area contributed by atoms with Gasteiger partial charge < -0.3 is 4.90 Å². The molecule has 1 aliphatic heterocycles. The molecule has 0 saturated carbocycles. The summed E-state index contributed by atoms with van der Waals surface area (Å²) in [5.74, 6) is 0.0417. The highest BCUT2D eigenvalue weighted by atomic mass is 35.5. The molecule has 3 rings (SSSR count). The van der Waals surface area contributed by atoms with Crippen LogP contribution in [0, 0.1) is 0 Å². The number of carbonyl (C=O) groups is 1. The van der Waals surface area contributed by atoms with Crippen LogP contribution >= 0.6 is 22.9 Å². The van der Waals surface area contributed by atoms with E-state index in [2.05, 4.69) is 28.9 Å². The summed E-state index contributed by atoms with van der Waals surface area (Å²) in [6.45, 7) is 5.43. The topological polar surface area (TPSA) is 36.4 Å². The Hall–Kier alpha value is -1.43. The molecule has 1 aromatic heterocycles. The van der Waals surface area contributed by atoms with Crippen LogP contribution in [0.3, 0.4) is 0 Å². The molecule has 0 aliphatic carbocycles. The van der Waals surface area contributed by atoms with Crippen molar-refractivity contribution in [3.8, 4) is 0 Å². The lowest BCUT2D eigenvalue weighted by atomic mass is 10.1. The molecule has 1 aromatic carbocycles. The normalized spacial score (nSPS) is 17.5. The van der Waals surface area contributed by atoms with Crippen molar-refractivity contribution in [2.24, 2.45) is 0 Å². The van der Waals surface area contributed by atoms with Gasteiger partial charge >= 0.3 is 0 Å². The molecule has 0 radical (unpaired) electrons. The molecule has 1 amide bonds.